The topological polar surface area (TPSA) is 52.0 Å². The normalized spacial score (nSPS) is 42.0. The van der Waals surface area contributed by atoms with Crippen LogP contribution in [0.15, 0.2) is 46.5 Å². The van der Waals surface area contributed by atoms with Crippen LogP contribution in [0.5, 0.6) is 0 Å². The zero-order valence-electron chi connectivity index (χ0n) is 9.69. The molecule has 0 aromatic carbocycles. The predicted octanol–water partition coefficient (Wildman–Crippen LogP) is 3.63. The van der Waals surface area contributed by atoms with Crippen LogP contribution in [0.1, 0.15) is 0 Å². The molecule has 0 fully saturated rings. The molecule has 0 aromatic heterocycles. The lowest BCUT2D eigenvalue weighted by Gasteiger charge is -2.37. The monoisotopic (exact) mass is 356 g/mol. The Morgan fingerprint density at radius 2 is 1.26 bits per heavy atom. The Balaban J connectivity index is 2.25. The van der Waals surface area contributed by atoms with E-state index >= 15 is 0 Å². The Labute approximate surface area is 136 Å². The molecule has 4 unspecified atom stereocenters. The molecule has 4 atom stereocenters. The van der Waals surface area contributed by atoms with Gasteiger partial charge in [0.1, 0.15) is 10.00 Å². The summed E-state index contributed by atoms with van der Waals surface area (Å²) in [5.74, 6) is 0. The van der Waals surface area contributed by atoms with Crippen LogP contribution in [-0.2, 0) is 0 Å². The molecule has 0 bridgehead atoms. The summed E-state index contributed by atoms with van der Waals surface area (Å²) in [5.41, 5.74) is 12.1. The minimum atomic E-state index is -1.10. The van der Waals surface area contributed by atoms with E-state index in [-0.39, 0.29) is 10.5 Å². The molecule has 104 valence electrons. The zero-order valence-corrected chi connectivity index (χ0v) is 13.5. The van der Waals surface area contributed by atoms with Crippen molar-refractivity contribution in [3.63, 3.8) is 0 Å². The van der Waals surface area contributed by atoms with Gasteiger partial charge in [-0.3, -0.25) is 0 Å². The Morgan fingerprint density at radius 3 is 1.58 bits per heavy atom. The van der Waals surface area contributed by atoms with Gasteiger partial charge in [0.05, 0.1) is 10.5 Å². The minimum Gasteiger partial charge on any atom is -0.308 e. The van der Waals surface area contributed by atoms with Gasteiger partial charge in [-0.15, -0.1) is 11.8 Å². The first-order chi connectivity index (χ1) is 8.74. The summed E-state index contributed by atoms with van der Waals surface area (Å²) in [6.45, 7) is 0. The number of allylic oxidation sites excluding steroid dienone is 4. The number of hydrogen-bond donors (Lipinski definition) is 2. The molecule has 19 heavy (non-hydrogen) atoms. The van der Waals surface area contributed by atoms with E-state index < -0.39 is 10.00 Å². The molecule has 0 amide bonds. The molecule has 0 spiro atoms. The van der Waals surface area contributed by atoms with Crippen molar-refractivity contribution in [3.05, 3.63) is 46.5 Å². The Bertz CT molecular complexity index is 450. The quantitative estimate of drug-likeness (QED) is 0.586. The van der Waals surface area contributed by atoms with Crippen molar-refractivity contribution >= 4 is 58.2 Å². The van der Waals surface area contributed by atoms with Crippen LogP contribution in [0.2, 0.25) is 0 Å². The second-order valence-corrected chi connectivity index (χ2v) is 7.77. The molecule has 2 aliphatic carbocycles. The van der Waals surface area contributed by atoms with Gasteiger partial charge in [-0.1, -0.05) is 58.6 Å². The van der Waals surface area contributed by atoms with Gasteiger partial charge < -0.3 is 11.5 Å². The lowest BCUT2D eigenvalue weighted by atomic mass is 10.1. The lowest BCUT2D eigenvalue weighted by molar-refractivity contribution is 0.719. The van der Waals surface area contributed by atoms with Gasteiger partial charge in [0.25, 0.3) is 0 Å². The predicted molar refractivity (Wildman–Crippen MR) is 86.9 cm³/mol. The second-order valence-electron chi connectivity index (χ2n) is 4.37. The van der Waals surface area contributed by atoms with Crippen LogP contribution >= 0.6 is 58.2 Å². The second kappa shape index (κ2) is 5.64. The van der Waals surface area contributed by atoms with Gasteiger partial charge in [-0.25, -0.2) is 0 Å². The summed E-state index contributed by atoms with van der Waals surface area (Å²) in [7, 11) is 0. The fraction of sp³-hybridized carbons (Fsp3) is 0.333. The summed E-state index contributed by atoms with van der Waals surface area (Å²) >= 11 is 26.3. The summed E-state index contributed by atoms with van der Waals surface area (Å²) in [5, 5.41) is 0.329. The number of alkyl halides is 2. The van der Waals surface area contributed by atoms with Gasteiger partial charge in [-0.2, -0.15) is 0 Å². The van der Waals surface area contributed by atoms with Gasteiger partial charge in [-0.05, 0) is 24.3 Å². The molecule has 0 radical (unpaired) electrons. The van der Waals surface area contributed by atoms with Crippen LogP contribution in [0, 0.1) is 0 Å². The first-order valence-corrected chi connectivity index (χ1v) is 7.90. The zero-order chi connectivity index (χ0) is 14.3. The average molecular weight is 358 g/mol. The summed E-state index contributed by atoms with van der Waals surface area (Å²) in [6, 6.07) is 0. The van der Waals surface area contributed by atoms with Crippen LogP contribution in [0.4, 0.5) is 0 Å². The van der Waals surface area contributed by atoms with Gasteiger partial charge in [0.15, 0.2) is 0 Å². The van der Waals surface area contributed by atoms with E-state index in [0.29, 0.717) is 10.1 Å². The molecule has 0 aromatic rings. The highest BCUT2D eigenvalue weighted by Crippen LogP contribution is 2.45. The van der Waals surface area contributed by atoms with E-state index in [2.05, 4.69) is 0 Å². The Morgan fingerprint density at radius 1 is 0.895 bits per heavy atom. The van der Waals surface area contributed by atoms with Crippen molar-refractivity contribution in [2.45, 2.75) is 20.5 Å². The van der Waals surface area contributed by atoms with Crippen molar-refractivity contribution in [1.29, 1.82) is 0 Å². The van der Waals surface area contributed by atoms with Crippen LogP contribution in [0.25, 0.3) is 0 Å². The fourth-order valence-electron chi connectivity index (χ4n) is 1.82. The van der Waals surface area contributed by atoms with E-state index in [4.69, 9.17) is 57.9 Å². The number of hydrogen-bond acceptors (Lipinski definition) is 3. The van der Waals surface area contributed by atoms with Gasteiger partial charge >= 0.3 is 0 Å². The molecule has 0 saturated heterocycles. The molecule has 2 nitrogen and oxygen atoms in total. The maximum absolute atomic E-state index is 6.27. The van der Waals surface area contributed by atoms with E-state index in [9.17, 15) is 0 Å². The summed E-state index contributed by atoms with van der Waals surface area (Å²) in [6.07, 6.45) is 10.3. The van der Waals surface area contributed by atoms with Gasteiger partial charge in [0, 0.05) is 10.1 Å². The first-order valence-electron chi connectivity index (χ1n) is 5.45. The number of nitrogens with two attached hydrogens (primary N) is 2. The van der Waals surface area contributed by atoms with Crippen molar-refractivity contribution in [3.8, 4) is 0 Å². The molecule has 0 aliphatic heterocycles. The standard InChI is InChI=1S/C12H12Cl4N2S/c13-7-3-1-5-11(15,17)9(7)19-10-8(14)4-2-6-12(10,16)18/h1-6,9-10H,17-18H2. The van der Waals surface area contributed by atoms with Crippen molar-refractivity contribution in [2.24, 2.45) is 11.5 Å². The molecule has 0 heterocycles. The number of thioether (sulfide) groups is 1. The van der Waals surface area contributed by atoms with Crippen molar-refractivity contribution in [2.75, 3.05) is 0 Å². The van der Waals surface area contributed by atoms with Gasteiger partial charge in [0.2, 0.25) is 0 Å². The molecular formula is C12H12Cl4N2S. The molecule has 2 aliphatic rings. The van der Waals surface area contributed by atoms with Crippen LogP contribution in [0.3, 0.4) is 0 Å². The van der Waals surface area contributed by atoms with Crippen LogP contribution < -0.4 is 11.5 Å². The average Bonchev–Trinajstić information content (AvgIpc) is 2.25. The third kappa shape index (κ3) is 3.35. The Hall–Kier alpha value is 0.390. The highest BCUT2D eigenvalue weighted by molar-refractivity contribution is 8.01. The molecule has 4 N–H and O–H groups in total. The maximum Gasteiger partial charge on any atom is 0.127 e. The highest BCUT2D eigenvalue weighted by atomic mass is 35.5. The van der Waals surface area contributed by atoms with Crippen LogP contribution in [-0.4, -0.2) is 20.5 Å². The minimum absolute atomic E-state index is 0.374. The van der Waals surface area contributed by atoms with Crippen molar-refractivity contribution in [1.82, 2.24) is 0 Å². The highest BCUT2D eigenvalue weighted by Gasteiger charge is 2.43. The SMILES string of the molecule is NC1(Cl)C=CC=C(Cl)C1SC1C(Cl)=CC=CC1(N)Cl. The van der Waals surface area contributed by atoms with Crippen molar-refractivity contribution < 1.29 is 0 Å². The molecule has 2 rings (SSSR count). The third-order valence-corrected chi connectivity index (χ3v) is 6.52. The molecular weight excluding hydrogens is 346 g/mol. The van der Waals surface area contributed by atoms with E-state index in [0.717, 1.165) is 0 Å². The summed E-state index contributed by atoms with van der Waals surface area (Å²) in [4.78, 5) is -2.19. The summed E-state index contributed by atoms with van der Waals surface area (Å²) < 4.78 is 0. The Kier molecular flexibility index (Phi) is 4.69. The molecule has 0 saturated carbocycles. The van der Waals surface area contributed by atoms with E-state index in [1.54, 1.807) is 36.5 Å². The number of rotatable bonds is 2. The maximum atomic E-state index is 6.27. The lowest BCUT2D eigenvalue weighted by Crippen LogP contribution is -2.49. The number of halogens is 4. The fourth-order valence-corrected chi connectivity index (χ4v) is 4.70. The van der Waals surface area contributed by atoms with E-state index in [1.165, 1.54) is 11.8 Å². The third-order valence-electron chi connectivity index (χ3n) is 2.79. The first kappa shape index (κ1) is 15.8. The largest absolute Gasteiger partial charge is 0.308 e. The smallest absolute Gasteiger partial charge is 0.127 e. The molecule has 7 heteroatoms. The van der Waals surface area contributed by atoms with E-state index in [1.807, 2.05) is 0 Å².